The van der Waals surface area contributed by atoms with Gasteiger partial charge in [0.25, 0.3) is 0 Å². The fraction of sp³-hybridized carbons (Fsp3) is 0.643. The van der Waals surface area contributed by atoms with Crippen molar-refractivity contribution in [2.75, 3.05) is 0 Å². The number of carbonyl (C=O) groups is 1. The predicted molar refractivity (Wildman–Crippen MR) is 64.6 cm³/mol. The molecule has 1 unspecified atom stereocenters. The monoisotopic (exact) mass is 206 g/mol. The Morgan fingerprint density at radius 1 is 1.27 bits per heavy atom. The highest BCUT2D eigenvalue weighted by Crippen LogP contribution is 2.27. The highest BCUT2D eigenvalue weighted by atomic mass is 16.1. The van der Waals surface area contributed by atoms with Gasteiger partial charge in [-0.1, -0.05) is 52.0 Å². The average Bonchev–Trinajstić information content (AvgIpc) is 2.50. The van der Waals surface area contributed by atoms with Gasteiger partial charge in [0.1, 0.15) is 5.78 Å². The van der Waals surface area contributed by atoms with Gasteiger partial charge in [-0.25, -0.2) is 0 Å². The van der Waals surface area contributed by atoms with Crippen molar-refractivity contribution >= 4 is 5.78 Å². The zero-order valence-electron chi connectivity index (χ0n) is 10.3. The second-order valence-corrected chi connectivity index (χ2v) is 5.84. The molecule has 1 atom stereocenters. The minimum Gasteiger partial charge on any atom is -0.299 e. The lowest BCUT2D eigenvalue weighted by atomic mass is 9.82. The number of rotatable bonds is 4. The summed E-state index contributed by atoms with van der Waals surface area (Å²) >= 11 is 0. The number of ketones is 1. The number of allylic oxidation sites excluding steroid dienone is 4. The molecule has 1 nitrogen and oxygen atoms in total. The summed E-state index contributed by atoms with van der Waals surface area (Å²) in [5.74, 6) is 0.893. The molecule has 0 aromatic heterocycles. The van der Waals surface area contributed by atoms with E-state index in [0.717, 1.165) is 6.42 Å². The summed E-state index contributed by atoms with van der Waals surface area (Å²) in [5, 5.41) is 0. The van der Waals surface area contributed by atoms with Gasteiger partial charge in [-0.15, -0.1) is 0 Å². The summed E-state index contributed by atoms with van der Waals surface area (Å²) in [6.45, 7) is 8.85. The molecule has 0 spiro atoms. The number of hydrogen-bond acceptors (Lipinski definition) is 1. The van der Waals surface area contributed by atoms with Gasteiger partial charge in [0.2, 0.25) is 0 Å². The van der Waals surface area contributed by atoms with Crippen LogP contribution in [-0.2, 0) is 4.79 Å². The molecular weight excluding hydrogens is 184 g/mol. The molecule has 0 N–H and O–H groups in total. The van der Waals surface area contributed by atoms with Crippen LogP contribution in [0.25, 0.3) is 0 Å². The standard InChI is InChI=1S/C14H22O/c1-11(10-14(2,3)4)9-13(15)12-7-5-6-8-12/h5-8,11-12H,9-10H2,1-4H3. The van der Waals surface area contributed by atoms with E-state index in [1.54, 1.807) is 0 Å². The van der Waals surface area contributed by atoms with E-state index in [4.69, 9.17) is 0 Å². The first-order valence-corrected chi connectivity index (χ1v) is 5.76. The first-order valence-electron chi connectivity index (χ1n) is 5.76. The summed E-state index contributed by atoms with van der Waals surface area (Å²) in [5.41, 5.74) is 0.320. The molecule has 0 saturated carbocycles. The Bertz CT molecular complexity index is 266. The van der Waals surface area contributed by atoms with E-state index in [-0.39, 0.29) is 5.92 Å². The first-order chi connectivity index (χ1) is 6.88. The molecule has 1 aliphatic carbocycles. The van der Waals surface area contributed by atoms with Gasteiger partial charge in [-0.2, -0.15) is 0 Å². The molecule has 1 heteroatoms. The average molecular weight is 206 g/mol. The fourth-order valence-corrected chi connectivity index (χ4v) is 2.24. The van der Waals surface area contributed by atoms with Gasteiger partial charge < -0.3 is 0 Å². The molecule has 1 rings (SSSR count). The van der Waals surface area contributed by atoms with Gasteiger partial charge >= 0.3 is 0 Å². The predicted octanol–water partition coefficient (Wildman–Crippen LogP) is 3.76. The number of carbonyl (C=O) groups excluding carboxylic acids is 1. The summed E-state index contributed by atoms with van der Waals surface area (Å²) < 4.78 is 0. The molecule has 84 valence electrons. The third kappa shape index (κ3) is 4.46. The highest BCUT2D eigenvalue weighted by Gasteiger charge is 2.21. The summed E-state index contributed by atoms with van der Waals surface area (Å²) in [4.78, 5) is 11.8. The normalized spacial score (nSPS) is 18.4. The molecule has 0 heterocycles. The van der Waals surface area contributed by atoms with Gasteiger partial charge in [0, 0.05) is 6.42 Å². The van der Waals surface area contributed by atoms with Gasteiger partial charge in [-0.3, -0.25) is 4.79 Å². The first kappa shape index (κ1) is 12.2. The number of Topliss-reactive ketones (excluding diaryl/α,β-unsaturated/α-hetero) is 1. The maximum atomic E-state index is 11.8. The Labute approximate surface area is 93.3 Å². The molecule has 0 aromatic rings. The third-order valence-corrected chi connectivity index (χ3v) is 2.63. The van der Waals surface area contributed by atoms with E-state index in [1.807, 2.05) is 24.3 Å². The second kappa shape index (κ2) is 4.78. The molecule has 0 bridgehead atoms. The lowest BCUT2D eigenvalue weighted by molar-refractivity contribution is -0.121. The van der Waals surface area contributed by atoms with Crippen molar-refractivity contribution < 1.29 is 4.79 Å². The Morgan fingerprint density at radius 2 is 1.80 bits per heavy atom. The van der Waals surface area contributed by atoms with Crippen LogP contribution >= 0.6 is 0 Å². The van der Waals surface area contributed by atoms with Crippen LogP contribution in [0.2, 0.25) is 0 Å². The maximum absolute atomic E-state index is 11.8. The molecule has 0 saturated heterocycles. The van der Waals surface area contributed by atoms with Crippen molar-refractivity contribution in [1.29, 1.82) is 0 Å². The Kier molecular flexibility index (Phi) is 3.90. The number of hydrogen-bond donors (Lipinski definition) is 0. The van der Waals surface area contributed by atoms with Crippen molar-refractivity contribution in [1.82, 2.24) is 0 Å². The van der Waals surface area contributed by atoms with Crippen LogP contribution in [0.4, 0.5) is 0 Å². The topological polar surface area (TPSA) is 17.1 Å². The molecule has 0 aliphatic heterocycles. The van der Waals surface area contributed by atoms with E-state index in [1.165, 1.54) is 0 Å². The smallest absolute Gasteiger partial charge is 0.143 e. The minimum absolute atomic E-state index is 0.0485. The second-order valence-electron chi connectivity index (χ2n) is 5.84. The fourth-order valence-electron chi connectivity index (χ4n) is 2.24. The van der Waals surface area contributed by atoms with Crippen LogP contribution in [0.1, 0.15) is 40.5 Å². The van der Waals surface area contributed by atoms with Crippen LogP contribution in [0, 0.1) is 17.3 Å². The minimum atomic E-state index is 0.0485. The van der Waals surface area contributed by atoms with Crippen molar-refractivity contribution in [2.24, 2.45) is 17.3 Å². The summed E-state index contributed by atoms with van der Waals surface area (Å²) in [6, 6.07) is 0. The van der Waals surface area contributed by atoms with E-state index in [0.29, 0.717) is 23.5 Å². The zero-order valence-corrected chi connectivity index (χ0v) is 10.3. The molecule has 15 heavy (non-hydrogen) atoms. The van der Waals surface area contributed by atoms with Gasteiger partial charge in [-0.05, 0) is 17.8 Å². The van der Waals surface area contributed by atoms with E-state index >= 15 is 0 Å². The summed E-state index contributed by atoms with van der Waals surface area (Å²) in [7, 11) is 0. The third-order valence-electron chi connectivity index (χ3n) is 2.63. The Hall–Kier alpha value is -0.850. The maximum Gasteiger partial charge on any atom is 0.143 e. The van der Waals surface area contributed by atoms with Crippen molar-refractivity contribution in [3.05, 3.63) is 24.3 Å². The van der Waals surface area contributed by atoms with E-state index in [2.05, 4.69) is 27.7 Å². The lowest BCUT2D eigenvalue weighted by Gasteiger charge is -2.23. The molecular formula is C14H22O. The van der Waals surface area contributed by atoms with Crippen LogP contribution in [0.3, 0.4) is 0 Å². The van der Waals surface area contributed by atoms with E-state index < -0.39 is 0 Å². The quantitative estimate of drug-likeness (QED) is 0.684. The van der Waals surface area contributed by atoms with Crippen molar-refractivity contribution in [3.8, 4) is 0 Å². The Morgan fingerprint density at radius 3 is 2.27 bits per heavy atom. The Balaban J connectivity index is 2.38. The van der Waals surface area contributed by atoms with Crippen LogP contribution in [0.15, 0.2) is 24.3 Å². The zero-order chi connectivity index (χ0) is 11.5. The van der Waals surface area contributed by atoms with Gasteiger partial charge in [0.05, 0.1) is 5.92 Å². The SMILES string of the molecule is CC(CC(=O)C1C=CC=C1)CC(C)(C)C. The molecule has 0 fully saturated rings. The van der Waals surface area contributed by atoms with Gasteiger partial charge in [0.15, 0.2) is 0 Å². The van der Waals surface area contributed by atoms with Crippen LogP contribution in [0.5, 0.6) is 0 Å². The molecule has 1 aliphatic rings. The largest absolute Gasteiger partial charge is 0.299 e. The lowest BCUT2D eigenvalue weighted by Crippen LogP contribution is -2.17. The van der Waals surface area contributed by atoms with Crippen molar-refractivity contribution in [2.45, 2.75) is 40.5 Å². The highest BCUT2D eigenvalue weighted by molar-refractivity contribution is 5.85. The summed E-state index contributed by atoms with van der Waals surface area (Å²) in [6.07, 6.45) is 9.68. The molecule has 0 aromatic carbocycles. The molecule has 0 amide bonds. The van der Waals surface area contributed by atoms with Crippen LogP contribution in [-0.4, -0.2) is 5.78 Å². The molecule has 0 radical (unpaired) electrons. The van der Waals surface area contributed by atoms with Crippen LogP contribution < -0.4 is 0 Å². The van der Waals surface area contributed by atoms with Crippen molar-refractivity contribution in [3.63, 3.8) is 0 Å². The van der Waals surface area contributed by atoms with E-state index in [9.17, 15) is 4.79 Å².